The summed E-state index contributed by atoms with van der Waals surface area (Å²) in [6, 6.07) is 0.461. The number of aryl methyl sites for hydroxylation is 1. The van der Waals surface area contributed by atoms with Gasteiger partial charge in [0.25, 0.3) is 0 Å². The Kier molecular flexibility index (Phi) is 5.61. The fourth-order valence-corrected chi connectivity index (χ4v) is 3.12. The van der Waals surface area contributed by atoms with Crippen LogP contribution in [0.3, 0.4) is 0 Å². The van der Waals surface area contributed by atoms with Gasteiger partial charge in [-0.2, -0.15) is 0 Å². The van der Waals surface area contributed by atoms with Gasteiger partial charge >= 0.3 is 0 Å². The zero-order valence-corrected chi connectivity index (χ0v) is 13.2. The standard InChI is InChI=1S/C16H29N3O/c1-4-9-17-14(13-16(20-3)7-6-8-16)12-15-18-10-11-19(15)5-2/h10-11,14,17H,4-9,12-13H2,1-3H3. The van der Waals surface area contributed by atoms with Gasteiger partial charge in [0.05, 0.1) is 5.60 Å². The minimum atomic E-state index is 0.120. The lowest BCUT2D eigenvalue weighted by Crippen LogP contribution is -2.47. The van der Waals surface area contributed by atoms with Crippen molar-refractivity contribution in [3.05, 3.63) is 18.2 Å². The van der Waals surface area contributed by atoms with Crippen LogP contribution in [0.5, 0.6) is 0 Å². The van der Waals surface area contributed by atoms with Crippen LogP contribution in [0.4, 0.5) is 0 Å². The Hall–Kier alpha value is -0.870. The maximum absolute atomic E-state index is 5.79. The van der Waals surface area contributed by atoms with E-state index in [4.69, 9.17) is 4.74 Å². The van der Waals surface area contributed by atoms with E-state index in [0.29, 0.717) is 6.04 Å². The third kappa shape index (κ3) is 3.61. The van der Waals surface area contributed by atoms with E-state index in [1.54, 1.807) is 0 Å². The van der Waals surface area contributed by atoms with E-state index in [1.807, 2.05) is 13.3 Å². The van der Waals surface area contributed by atoms with Crippen LogP contribution >= 0.6 is 0 Å². The molecule has 1 aliphatic rings. The minimum Gasteiger partial charge on any atom is -0.378 e. The van der Waals surface area contributed by atoms with Crippen LogP contribution in [0.25, 0.3) is 0 Å². The van der Waals surface area contributed by atoms with Crippen molar-refractivity contribution in [1.29, 1.82) is 0 Å². The van der Waals surface area contributed by atoms with E-state index in [1.165, 1.54) is 31.5 Å². The molecule has 1 N–H and O–H groups in total. The SMILES string of the molecule is CCCNC(Cc1nccn1CC)CC1(OC)CCC1. The van der Waals surface area contributed by atoms with Crippen molar-refractivity contribution in [2.24, 2.45) is 0 Å². The number of imidazole rings is 1. The highest BCUT2D eigenvalue weighted by Crippen LogP contribution is 2.39. The number of hydrogen-bond donors (Lipinski definition) is 1. The van der Waals surface area contributed by atoms with Gasteiger partial charge in [-0.05, 0) is 45.6 Å². The van der Waals surface area contributed by atoms with E-state index in [9.17, 15) is 0 Å². The predicted octanol–water partition coefficient (Wildman–Crippen LogP) is 2.77. The molecule has 0 spiro atoms. The van der Waals surface area contributed by atoms with Crippen molar-refractivity contribution in [2.75, 3.05) is 13.7 Å². The summed E-state index contributed by atoms with van der Waals surface area (Å²) in [6.45, 7) is 6.44. The molecule has 0 aliphatic heterocycles. The third-order valence-corrected chi connectivity index (χ3v) is 4.57. The molecule has 1 fully saturated rings. The summed E-state index contributed by atoms with van der Waals surface area (Å²) in [5, 5.41) is 3.68. The van der Waals surface area contributed by atoms with Gasteiger partial charge in [0.1, 0.15) is 5.82 Å². The summed E-state index contributed by atoms with van der Waals surface area (Å²) in [5.74, 6) is 1.19. The first-order valence-corrected chi connectivity index (χ1v) is 8.01. The smallest absolute Gasteiger partial charge is 0.110 e. The Morgan fingerprint density at radius 3 is 2.80 bits per heavy atom. The van der Waals surface area contributed by atoms with Crippen LogP contribution < -0.4 is 5.32 Å². The summed E-state index contributed by atoms with van der Waals surface area (Å²) in [4.78, 5) is 4.52. The van der Waals surface area contributed by atoms with E-state index in [0.717, 1.165) is 25.9 Å². The number of ether oxygens (including phenoxy) is 1. The van der Waals surface area contributed by atoms with Crippen molar-refractivity contribution in [3.63, 3.8) is 0 Å². The average Bonchev–Trinajstić information content (AvgIpc) is 2.87. The molecule has 1 aromatic heterocycles. The first kappa shape index (κ1) is 15.5. The van der Waals surface area contributed by atoms with Crippen molar-refractivity contribution in [2.45, 2.75) is 70.6 Å². The zero-order valence-electron chi connectivity index (χ0n) is 13.2. The quantitative estimate of drug-likeness (QED) is 0.755. The largest absolute Gasteiger partial charge is 0.378 e. The number of aromatic nitrogens is 2. The second-order valence-corrected chi connectivity index (χ2v) is 5.93. The molecule has 0 bridgehead atoms. The molecule has 20 heavy (non-hydrogen) atoms. The van der Waals surface area contributed by atoms with Gasteiger partial charge in [-0.1, -0.05) is 6.92 Å². The lowest BCUT2D eigenvalue weighted by Gasteiger charge is -2.43. The van der Waals surface area contributed by atoms with Crippen LogP contribution in [0.15, 0.2) is 12.4 Å². The summed E-state index contributed by atoms with van der Waals surface area (Å²) >= 11 is 0. The summed E-state index contributed by atoms with van der Waals surface area (Å²) < 4.78 is 8.03. The Bertz CT molecular complexity index is 393. The molecule has 1 aliphatic carbocycles. The summed E-state index contributed by atoms with van der Waals surface area (Å²) in [5.41, 5.74) is 0.120. The maximum Gasteiger partial charge on any atom is 0.110 e. The van der Waals surface area contributed by atoms with Crippen LogP contribution in [0, 0.1) is 0 Å². The summed E-state index contributed by atoms with van der Waals surface area (Å²) in [6.07, 6.45) is 10.9. The van der Waals surface area contributed by atoms with Crippen molar-refractivity contribution < 1.29 is 4.74 Å². The first-order chi connectivity index (χ1) is 9.73. The number of nitrogens with zero attached hydrogens (tertiary/aromatic N) is 2. The van der Waals surface area contributed by atoms with Gasteiger partial charge in [-0.3, -0.25) is 0 Å². The molecule has 2 rings (SSSR count). The molecule has 4 heteroatoms. The lowest BCUT2D eigenvalue weighted by molar-refractivity contribution is -0.0835. The molecule has 0 amide bonds. The molecule has 1 heterocycles. The Labute approximate surface area is 122 Å². The highest BCUT2D eigenvalue weighted by atomic mass is 16.5. The number of nitrogens with one attached hydrogen (secondary N) is 1. The third-order valence-electron chi connectivity index (χ3n) is 4.57. The first-order valence-electron chi connectivity index (χ1n) is 8.01. The van der Waals surface area contributed by atoms with Crippen molar-refractivity contribution >= 4 is 0 Å². The van der Waals surface area contributed by atoms with Gasteiger partial charge in [0.2, 0.25) is 0 Å². The van der Waals surface area contributed by atoms with E-state index in [-0.39, 0.29) is 5.60 Å². The molecule has 4 nitrogen and oxygen atoms in total. The van der Waals surface area contributed by atoms with Crippen LogP contribution in [0.2, 0.25) is 0 Å². The molecule has 1 saturated carbocycles. The lowest BCUT2D eigenvalue weighted by atomic mass is 9.75. The predicted molar refractivity (Wildman–Crippen MR) is 81.9 cm³/mol. The number of methoxy groups -OCH3 is 1. The molecule has 1 unspecified atom stereocenters. The highest BCUT2D eigenvalue weighted by molar-refractivity contribution is 4.99. The van der Waals surface area contributed by atoms with Gasteiger partial charge in [-0.25, -0.2) is 4.98 Å². The molecule has 1 aromatic rings. The molecule has 0 saturated heterocycles. The van der Waals surface area contributed by atoms with Crippen LogP contribution in [-0.4, -0.2) is 34.8 Å². The molecule has 114 valence electrons. The number of rotatable bonds is 9. The van der Waals surface area contributed by atoms with Crippen molar-refractivity contribution in [3.8, 4) is 0 Å². The normalized spacial score (nSPS) is 18.8. The Balaban J connectivity index is 1.99. The fraction of sp³-hybridized carbons (Fsp3) is 0.812. The highest BCUT2D eigenvalue weighted by Gasteiger charge is 2.39. The zero-order chi connectivity index (χ0) is 14.4. The molecule has 1 atom stereocenters. The Morgan fingerprint density at radius 1 is 1.45 bits per heavy atom. The molecule has 0 radical (unpaired) electrons. The molecular formula is C16H29N3O. The Morgan fingerprint density at radius 2 is 2.25 bits per heavy atom. The minimum absolute atomic E-state index is 0.120. The van der Waals surface area contributed by atoms with E-state index >= 15 is 0 Å². The van der Waals surface area contributed by atoms with Gasteiger partial charge in [-0.15, -0.1) is 0 Å². The van der Waals surface area contributed by atoms with Gasteiger partial charge in [0.15, 0.2) is 0 Å². The second-order valence-electron chi connectivity index (χ2n) is 5.93. The molecule has 0 aromatic carbocycles. The molecular weight excluding hydrogens is 250 g/mol. The van der Waals surface area contributed by atoms with E-state index < -0.39 is 0 Å². The second kappa shape index (κ2) is 7.23. The average molecular weight is 279 g/mol. The summed E-state index contributed by atoms with van der Waals surface area (Å²) in [7, 11) is 1.86. The van der Waals surface area contributed by atoms with Gasteiger partial charge in [0, 0.05) is 38.5 Å². The monoisotopic (exact) mass is 279 g/mol. The fourth-order valence-electron chi connectivity index (χ4n) is 3.12. The number of hydrogen-bond acceptors (Lipinski definition) is 3. The van der Waals surface area contributed by atoms with Gasteiger partial charge < -0.3 is 14.6 Å². The van der Waals surface area contributed by atoms with Crippen LogP contribution in [-0.2, 0) is 17.7 Å². The van der Waals surface area contributed by atoms with Crippen molar-refractivity contribution in [1.82, 2.24) is 14.9 Å². The van der Waals surface area contributed by atoms with E-state index in [2.05, 4.69) is 34.9 Å². The van der Waals surface area contributed by atoms with Crippen LogP contribution in [0.1, 0.15) is 51.8 Å². The topological polar surface area (TPSA) is 39.1 Å². The maximum atomic E-state index is 5.79.